The lowest BCUT2D eigenvalue weighted by Crippen LogP contribution is -2.45. The summed E-state index contributed by atoms with van der Waals surface area (Å²) in [7, 11) is -3.85. The van der Waals surface area contributed by atoms with Crippen LogP contribution in [0.3, 0.4) is 0 Å². The summed E-state index contributed by atoms with van der Waals surface area (Å²) in [4.78, 5) is 25.3. The number of nitrogens with zero attached hydrogens (tertiary/aromatic N) is 3. The van der Waals surface area contributed by atoms with Crippen molar-refractivity contribution in [2.75, 3.05) is 26.2 Å². The molecule has 0 radical (unpaired) electrons. The van der Waals surface area contributed by atoms with Crippen LogP contribution in [0.15, 0.2) is 23.1 Å². The van der Waals surface area contributed by atoms with E-state index in [1.54, 1.807) is 6.92 Å². The van der Waals surface area contributed by atoms with Gasteiger partial charge in [0.15, 0.2) is 0 Å². The SMILES string of the molecule is CCC(CC)CN(CC)C(=O)C1CCN(S(=O)(=O)c2cc([N+](=O)[O-])ccc2C)CC1. The van der Waals surface area contributed by atoms with Crippen molar-refractivity contribution in [1.29, 1.82) is 0 Å². The Hall–Kier alpha value is -2.00. The van der Waals surface area contributed by atoms with Gasteiger partial charge in [-0.3, -0.25) is 14.9 Å². The number of non-ortho nitro benzene ring substituents is 1. The first-order valence-electron chi connectivity index (χ1n) is 10.7. The Morgan fingerprint density at radius 1 is 1.23 bits per heavy atom. The normalized spacial score (nSPS) is 16.0. The Kier molecular flexibility index (Phi) is 8.37. The fourth-order valence-corrected chi connectivity index (χ4v) is 5.67. The van der Waals surface area contributed by atoms with Crippen LogP contribution in [-0.4, -0.2) is 54.6 Å². The van der Waals surface area contributed by atoms with Gasteiger partial charge < -0.3 is 4.90 Å². The molecule has 1 heterocycles. The van der Waals surface area contributed by atoms with Gasteiger partial charge in [0.25, 0.3) is 5.69 Å². The number of aryl methyl sites for hydroxylation is 1. The molecule has 0 unspecified atom stereocenters. The molecule has 30 heavy (non-hydrogen) atoms. The van der Waals surface area contributed by atoms with Crippen LogP contribution in [0.2, 0.25) is 0 Å². The van der Waals surface area contributed by atoms with Gasteiger partial charge in [0.2, 0.25) is 15.9 Å². The zero-order chi connectivity index (χ0) is 22.5. The van der Waals surface area contributed by atoms with E-state index in [4.69, 9.17) is 0 Å². The first-order valence-corrected chi connectivity index (χ1v) is 12.1. The summed E-state index contributed by atoms with van der Waals surface area (Å²) in [5.74, 6) is 0.399. The van der Waals surface area contributed by atoms with Gasteiger partial charge in [-0.05, 0) is 38.2 Å². The number of carbonyl (C=O) groups excluding carboxylic acids is 1. The van der Waals surface area contributed by atoms with E-state index in [2.05, 4.69) is 13.8 Å². The first-order chi connectivity index (χ1) is 14.1. The minimum atomic E-state index is -3.85. The molecular weight excluding hydrogens is 406 g/mol. The summed E-state index contributed by atoms with van der Waals surface area (Å²) < 4.78 is 27.5. The fraction of sp³-hybridized carbons (Fsp3) is 0.667. The van der Waals surface area contributed by atoms with Crippen LogP contribution in [-0.2, 0) is 14.8 Å². The van der Waals surface area contributed by atoms with Crippen LogP contribution in [0.25, 0.3) is 0 Å². The van der Waals surface area contributed by atoms with Crippen molar-refractivity contribution < 1.29 is 18.1 Å². The van der Waals surface area contributed by atoms with Gasteiger partial charge >= 0.3 is 0 Å². The smallest absolute Gasteiger partial charge is 0.270 e. The number of benzene rings is 1. The third-order valence-electron chi connectivity index (χ3n) is 6.13. The topological polar surface area (TPSA) is 101 Å². The highest BCUT2D eigenvalue weighted by Crippen LogP contribution is 2.29. The molecular formula is C21H33N3O5S. The zero-order valence-corrected chi connectivity index (χ0v) is 19.2. The van der Waals surface area contributed by atoms with Gasteiger partial charge in [-0.1, -0.05) is 32.8 Å². The average Bonchev–Trinajstić information content (AvgIpc) is 2.74. The number of hydrogen-bond donors (Lipinski definition) is 0. The molecule has 1 aliphatic heterocycles. The van der Waals surface area contributed by atoms with Gasteiger partial charge in [-0.15, -0.1) is 0 Å². The van der Waals surface area contributed by atoms with Gasteiger partial charge in [0.05, 0.1) is 9.82 Å². The molecule has 0 N–H and O–H groups in total. The number of hydrogen-bond acceptors (Lipinski definition) is 5. The third kappa shape index (κ3) is 5.37. The summed E-state index contributed by atoms with van der Waals surface area (Å²) in [5, 5.41) is 11.1. The van der Waals surface area contributed by atoms with Gasteiger partial charge in [0, 0.05) is 44.2 Å². The molecule has 1 aromatic rings. The Balaban J connectivity index is 2.10. The van der Waals surface area contributed by atoms with Crippen molar-refractivity contribution >= 4 is 21.6 Å². The van der Waals surface area contributed by atoms with Crippen LogP contribution >= 0.6 is 0 Å². The molecule has 0 bridgehead atoms. The van der Waals surface area contributed by atoms with Crippen LogP contribution in [0.1, 0.15) is 52.0 Å². The van der Waals surface area contributed by atoms with E-state index in [0.29, 0.717) is 30.9 Å². The molecule has 0 spiro atoms. The number of sulfonamides is 1. The lowest BCUT2D eigenvalue weighted by molar-refractivity contribution is -0.385. The predicted octanol–water partition coefficient (Wildman–Crippen LogP) is 3.59. The lowest BCUT2D eigenvalue weighted by atomic mass is 9.95. The maximum absolute atomic E-state index is 13.1. The molecule has 168 valence electrons. The average molecular weight is 440 g/mol. The number of carbonyl (C=O) groups is 1. The third-order valence-corrected chi connectivity index (χ3v) is 8.17. The molecule has 2 rings (SSSR count). The number of nitro benzene ring substituents is 1. The summed E-state index contributed by atoms with van der Waals surface area (Å²) in [5.41, 5.74) is 0.227. The van der Waals surface area contributed by atoms with Crippen molar-refractivity contribution in [2.24, 2.45) is 11.8 Å². The zero-order valence-electron chi connectivity index (χ0n) is 18.3. The van der Waals surface area contributed by atoms with E-state index in [1.807, 2.05) is 11.8 Å². The number of nitro groups is 1. The first kappa shape index (κ1) is 24.3. The van der Waals surface area contributed by atoms with Crippen molar-refractivity contribution in [3.63, 3.8) is 0 Å². The summed E-state index contributed by atoms with van der Waals surface area (Å²) in [6.07, 6.45) is 2.98. The highest BCUT2D eigenvalue weighted by atomic mass is 32.2. The van der Waals surface area contributed by atoms with E-state index in [9.17, 15) is 23.3 Å². The molecule has 1 aliphatic rings. The summed E-state index contributed by atoms with van der Waals surface area (Å²) in [6.45, 7) is 9.74. The van der Waals surface area contributed by atoms with Gasteiger partial charge in [-0.25, -0.2) is 8.42 Å². The van der Waals surface area contributed by atoms with E-state index < -0.39 is 14.9 Å². The van der Waals surface area contributed by atoms with Crippen molar-refractivity contribution in [2.45, 2.75) is 58.3 Å². The highest BCUT2D eigenvalue weighted by Gasteiger charge is 2.35. The second kappa shape index (κ2) is 10.3. The molecule has 1 saturated heterocycles. The monoisotopic (exact) mass is 439 g/mol. The van der Waals surface area contributed by atoms with Crippen LogP contribution in [0.5, 0.6) is 0 Å². The van der Waals surface area contributed by atoms with Crippen molar-refractivity contribution in [1.82, 2.24) is 9.21 Å². The van der Waals surface area contributed by atoms with Crippen LogP contribution < -0.4 is 0 Å². The van der Waals surface area contributed by atoms with Gasteiger partial charge in [0.1, 0.15) is 0 Å². The molecule has 0 atom stereocenters. The lowest BCUT2D eigenvalue weighted by Gasteiger charge is -2.34. The number of rotatable bonds is 9. The Morgan fingerprint density at radius 3 is 2.33 bits per heavy atom. The molecule has 0 saturated carbocycles. The Morgan fingerprint density at radius 2 is 1.83 bits per heavy atom. The van der Waals surface area contributed by atoms with E-state index in [1.165, 1.54) is 16.4 Å². The quantitative estimate of drug-likeness (QED) is 0.432. The Labute approximate surface area is 179 Å². The fourth-order valence-electron chi connectivity index (χ4n) is 3.95. The minimum Gasteiger partial charge on any atom is -0.342 e. The number of piperidine rings is 1. The summed E-state index contributed by atoms with van der Waals surface area (Å²) >= 11 is 0. The Bertz CT molecular complexity index is 859. The number of amides is 1. The van der Waals surface area contributed by atoms with Crippen LogP contribution in [0.4, 0.5) is 5.69 Å². The molecule has 1 aromatic carbocycles. The maximum Gasteiger partial charge on any atom is 0.270 e. The predicted molar refractivity (Wildman–Crippen MR) is 116 cm³/mol. The largest absolute Gasteiger partial charge is 0.342 e. The van der Waals surface area contributed by atoms with E-state index >= 15 is 0 Å². The van der Waals surface area contributed by atoms with Gasteiger partial charge in [-0.2, -0.15) is 4.31 Å². The van der Waals surface area contributed by atoms with E-state index in [-0.39, 0.29) is 35.5 Å². The van der Waals surface area contributed by atoms with E-state index in [0.717, 1.165) is 25.5 Å². The molecule has 9 heteroatoms. The highest BCUT2D eigenvalue weighted by molar-refractivity contribution is 7.89. The molecule has 8 nitrogen and oxygen atoms in total. The molecule has 0 aliphatic carbocycles. The standard InChI is InChI=1S/C21H33N3O5S/c1-5-17(6-2)15-22(7-3)21(25)18-10-12-23(13-11-18)30(28,29)20-14-19(24(26)27)9-8-16(20)4/h8-9,14,17-18H,5-7,10-13,15H2,1-4H3. The van der Waals surface area contributed by atoms with Crippen molar-refractivity contribution in [3.8, 4) is 0 Å². The molecule has 1 amide bonds. The molecule has 0 aromatic heterocycles. The van der Waals surface area contributed by atoms with Crippen LogP contribution in [0, 0.1) is 28.9 Å². The second-order valence-electron chi connectivity index (χ2n) is 7.94. The van der Waals surface area contributed by atoms with Crippen molar-refractivity contribution in [3.05, 3.63) is 33.9 Å². The minimum absolute atomic E-state index is 0.0367. The second-order valence-corrected chi connectivity index (χ2v) is 9.85. The maximum atomic E-state index is 13.1. The molecule has 1 fully saturated rings. The summed E-state index contributed by atoms with van der Waals surface area (Å²) in [6, 6.07) is 3.88.